The Bertz CT molecular complexity index is 736. The van der Waals surface area contributed by atoms with Gasteiger partial charge >= 0.3 is 5.97 Å². The quantitative estimate of drug-likeness (QED) is 0.241. The lowest BCUT2D eigenvalue weighted by atomic mass is 9.97. The molecule has 0 fully saturated rings. The summed E-state index contributed by atoms with van der Waals surface area (Å²) in [5, 5.41) is 16.9. The summed E-state index contributed by atoms with van der Waals surface area (Å²) < 4.78 is 0. The number of carbonyl (C=O) groups excluding carboxylic acids is 3. The van der Waals surface area contributed by atoms with Crippen LogP contribution in [0.15, 0.2) is 12.5 Å². The molecule has 4 unspecified atom stereocenters. The maximum absolute atomic E-state index is 12.7. The van der Waals surface area contributed by atoms with E-state index < -0.39 is 41.8 Å². The van der Waals surface area contributed by atoms with E-state index in [0.717, 1.165) is 0 Å². The van der Waals surface area contributed by atoms with Crippen LogP contribution in [0.3, 0.4) is 0 Å². The maximum atomic E-state index is 12.7. The summed E-state index contributed by atoms with van der Waals surface area (Å²) in [7, 11) is 0. The number of amides is 3. The molecule has 0 bridgehead atoms. The van der Waals surface area contributed by atoms with E-state index in [-0.39, 0.29) is 24.8 Å². The van der Waals surface area contributed by atoms with Gasteiger partial charge in [-0.2, -0.15) is 0 Å². The van der Waals surface area contributed by atoms with Crippen LogP contribution in [0.25, 0.3) is 0 Å². The predicted octanol–water partition coefficient (Wildman–Crippen LogP) is -0.458. The first-order chi connectivity index (χ1) is 14.5. The van der Waals surface area contributed by atoms with Gasteiger partial charge in [-0.1, -0.05) is 34.1 Å². The Hall–Kier alpha value is -2.95. The molecule has 11 heteroatoms. The zero-order valence-electron chi connectivity index (χ0n) is 18.5. The first kappa shape index (κ1) is 26.1. The van der Waals surface area contributed by atoms with Crippen molar-refractivity contribution in [2.75, 3.05) is 6.54 Å². The van der Waals surface area contributed by atoms with Gasteiger partial charge in [-0.05, 0) is 18.3 Å². The smallest absolute Gasteiger partial charge is 0.326 e. The van der Waals surface area contributed by atoms with Crippen LogP contribution in [0.2, 0.25) is 0 Å². The number of aromatic nitrogens is 2. The number of carboxylic acids is 1. The van der Waals surface area contributed by atoms with Gasteiger partial charge < -0.3 is 31.8 Å². The molecule has 7 N–H and O–H groups in total. The van der Waals surface area contributed by atoms with Gasteiger partial charge in [0.05, 0.1) is 18.9 Å². The summed E-state index contributed by atoms with van der Waals surface area (Å²) in [5.41, 5.74) is 6.51. The topological polar surface area (TPSA) is 179 Å². The van der Waals surface area contributed by atoms with Crippen LogP contribution in [0.4, 0.5) is 0 Å². The van der Waals surface area contributed by atoms with Gasteiger partial charge in [0.25, 0.3) is 0 Å². The highest BCUT2D eigenvalue weighted by molar-refractivity contribution is 5.92. The molecule has 0 aliphatic carbocycles. The summed E-state index contributed by atoms with van der Waals surface area (Å²) in [6.45, 7) is 6.97. The summed E-state index contributed by atoms with van der Waals surface area (Å²) in [6.07, 6.45) is 4.15. The van der Waals surface area contributed by atoms with Crippen molar-refractivity contribution >= 4 is 23.7 Å². The highest BCUT2D eigenvalue weighted by Crippen LogP contribution is 2.10. The predicted molar refractivity (Wildman–Crippen MR) is 114 cm³/mol. The van der Waals surface area contributed by atoms with E-state index >= 15 is 0 Å². The van der Waals surface area contributed by atoms with Gasteiger partial charge in [-0.3, -0.25) is 14.4 Å². The minimum Gasteiger partial charge on any atom is -0.480 e. The van der Waals surface area contributed by atoms with Crippen molar-refractivity contribution in [3.8, 4) is 0 Å². The van der Waals surface area contributed by atoms with Crippen LogP contribution < -0.4 is 21.7 Å². The molecule has 0 saturated heterocycles. The number of carbonyl (C=O) groups is 4. The van der Waals surface area contributed by atoms with E-state index in [2.05, 4.69) is 25.9 Å². The summed E-state index contributed by atoms with van der Waals surface area (Å²) in [6, 6.07) is -2.84. The number of hydrogen-bond donors (Lipinski definition) is 6. The lowest BCUT2D eigenvalue weighted by Gasteiger charge is -2.25. The van der Waals surface area contributed by atoms with Gasteiger partial charge in [0.1, 0.15) is 12.1 Å². The second-order valence-corrected chi connectivity index (χ2v) is 8.06. The molecule has 0 saturated carbocycles. The van der Waals surface area contributed by atoms with Gasteiger partial charge in [-0.15, -0.1) is 0 Å². The number of nitrogens with zero attached hydrogens (tertiary/aromatic N) is 1. The largest absolute Gasteiger partial charge is 0.480 e. The van der Waals surface area contributed by atoms with Crippen LogP contribution in [0, 0.1) is 11.8 Å². The van der Waals surface area contributed by atoms with Gasteiger partial charge in [0.2, 0.25) is 17.7 Å². The van der Waals surface area contributed by atoms with Gasteiger partial charge in [-0.25, -0.2) is 9.78 Å². The van der Waals surface area contributed by atoms with E-state index in [1.807, 2.05) is 20.8 Å². The van der Waals surface area contributed by atoms with E-state index in [4.69, 9.17) is 5.73 Å². The Labute approximate surface area is 181 Å². The van der Waals surface area contributed by atoms with Crippen LogP contribution in [-0.2, 0) is 25.6 Å². The van der Waals surface area contributed by atoms with E-state index in [0.29, 0.717) is 18.5 Å². The first-order valence-corrected chi connectivity index (χ1v) is 10.4. The number of aromatic amines is 1. The number of H-pyrrole nitrogens is 1. The summed E-state index contributed by atoms with van der Waals surface area (Å²) in [5.74, 6) is -2.99. The third-order valence-electron chi connectivity index (χ3n) is 4.89. The first-order valence-electron chi connectivity index (χ1n) is 10.4. The third-order valence-corrected chi connectivity index (χ3v) is 4.89. The lowest BCUT2D eigenvalue weighted by molar-refractivity contribution is -0.143. The van der Waals surface area contributed by atoms with Crippen molar-refractivity contribution in [2.24, 2.45) is 17.6 Å². The lowest BCUT2D eigenvalue weighted by Crippen LogP contribution is -2.55. The average Bonchev–Trinajstić information content (AvgIpc) is 3.21. The molecule has 0 aromatic carbocycles. The molecule has 4 atom stereocenters. The summed E-state index contributed by atoms with van der Waals surface area (Å²) in [4.78, 5) is 55.3. The fraction of sp³-hybridized carbons (Fsp3) is 0.650. The van der Waals surface area contributed by atoms with Crippen LogP contribution >= 0.6 is 0 Å². The van der Waals surface area contributed by atoms with E-state index in [9.17, 15) is 24.3 Å². The highest BCUT2D eigenvalue weighted by Gasteiger charge is 2.30. The molecule has 174 valence electrons. The number of nitrogens with one attached hydrogen (secondary N) is 4. The Balaban J connectivity index is 2.64. The molecule has 0 spiro atoms. The highest BCUT2D eigenvalue weighted by atomic mass is 16.4. The number of carboxylic acid groups (broad SMARTS) is 1. The number of hydrogen-bond acceptors (Lipinski definition) is 6. The van der Waals surface area contributed by atoms with Crippen LogP contribution in [0.1, 0.15) is 46.2 Å². The SMILES string of the molecule is CCC(C)C(NC(=O)C(CC(C)C)NC(=O)CNC(=O)C(N)Cc1cnc[nH]1)C(=O)O. The fourth-order valence-corrected chi connectivity index (χ4v) is 2.91. The standard InChI is InChI=1S/C20H34N6O5/c1-5-12(4)17(20(30)31)26-19(29)15(6-11(2)3)25-16(27)9-23-18(28)14(21)7-13-8-22-10-24-13/h8,10-12,14-15,17H,5-7,9,21H2,1-4H3,(H,22,24)(H,23,28)(H,25,27)(H,26,29)(H,30,31). The molecule has 3 amide bonds. The minimum absolute atomic E-state index is 0.0698. The zero-order valence-corrected chi connectivity index (χ0v) is 18.5. The Morgan fingerprint density at radius 2 is 1.84 bits per heavy atom. The number of aliphatic carboxylic acids is 1. The third kappa shape index (κ3) is 9.16. The van der Waals surface area contributed by atoms with Crippen LogP contribution in [0.5, 0.6) is 0 Å². The Morgan fingerprint density at radius 1 is 1.16 bits per heavy atom. The number of nitrogens with two attached hydrogens (primary N) is 1. The molecule has 0 aliphatic rings. The van der Waals surface area contributed by atoms with Crippen molar-refractivity contribution in [1.29, 1.82) is 0 Å². The Kier molecular flexibility index (Phi) is 10.7. The molecule has 1 aromatic heterocycles. The van der Waals surface area contributed by atoms with Crippen molar-refractivity contribution in [3.05, 3.63) is 18.2 Å². The molecule has 1 heterocycles. The molecule has 1 rings (SSSR count). The second kappa shape index (κ2) is 12.7. The fourth-order valence-electron chi connectivity index (χ4n) is 2.91. The normalized spacial score (nSPS) is 14.9. The molecule has 0 radical (unpaired) electrons. The van der Waals surface area contributed by atoms with Crippen molar-refractivity contribution in [3.63, 3.8) is 0 Å². The molecular weight excluding hydrogens is 404 g/mol. The maximum Gasteiger partial charge on any atom is 0.326 e. The van der Waals surface area contributed by atoms with E-state index in [1.54, 1.807) is 13.1 Å². The monoisotopic (exact) mass is 438 g/mol. The molecule has 1 aromatic rings. The van der Waals surface area contributed by atoms with E-state index in [1.165, 1.54) is 6.33 Å². The summed E-state index contributed by atoms with van der Waals surface area (Å²) >= 11 is 0. The van der Waals surface area contributed by atoms with Gasteiger partial charge in [0.15, 0.2) is 0 Å². The van der Waals surface area contributed by atoms with Crippen molar-refractivity contribution in [2.45, 2.75) is 65.1 Å². The average molecular weight is 439 g/mol. The van der Waals surface area contributed by atoms with Crippen LogP contribution in [-0.4, -0.2) is 63.4 Å². The molecule has 31 heavy (non-hydrogen) atoms. The van der Waals surface area contributed by atoms with Crippen molar-refractivity contribution < 1.29 is 24.3 Å². The zero-order chi connectivity index (χ0) is 23.6. The number of rotatable bonds is 13. The minimum atomic E-state index is -1.13. The number of imidazole rings is 1. The van der Waals surface area contributed by atoms with Gasteiger partial charge in [0, 0.05) is 18.3 Å². The molecule has 11 nitrogen and oxygen atoms in total. The molecular formula is C20H34N6O5. The Morgan fingerprint density at radius 3 is 2.35 bits per heavy atom. The molecule has 0 aliphatic heterocycles. The van der Waals surface area contributed by atoms with Crippen molar-refractivity contribution in [1.82, 2.24) is 25.9 Å². The second-order valence-electron chi connectivity index (χ2n) is 8.06.